The topological polar surface area (TPSA) is 90.9 Å². The van der Waals surface area contributed by atoms with Crippen LogP contribution in [0.5, 0.6) is 5.75 Å². The van der Waals surface area contributed by atoms with Gasteiger partial charge in [0.1, 0.15) is 5.75 Å². The lowest BCUT2D eigenvalue weighted by Crippen LogP contribution is -2.15. The van der Waals surface area contributed by atoms with Crippen molar-refractivity contribution in [2.45, 2.75) is 58.3 Å². The van der Waals surface area contributed by atoms with Gasteiger partial charge in [-0.1, -0.05) is 42.5 Å². The van der Waals surface area contributed by atoms with E-state index >= 15 is 0 Å². The van der Waals surface area contributed by atoms with Crippen LogP contribution >= 0.6 is 0 Å². The fourth-order valence-corrected chi connectivity index (χ4v) is 4.45. The number of esters is 2. The molecule has 0 saturated carbocycles. The second-order valence-corrected chi connectivity index (χ2v) is 9.77. The summed E-state index contributed by atoms with van der Waals surface area (Å²) >= 11 is 0. The molecule has 0 radical (unpaired) electrons. The number of methoxy groups -OCH3 is 2. The van der Waals surface area contributed by atoms with Gasteiger partial charge in [-0.3, -0.25) is 14.4 Å². The Hall–Kier alpha value is -4.13. The Morgan fingerprint density at radius 2 is 1.43 bits per heavy atom. The summed E-state index contributed by atoms with van der Waals surface area (Å²) in [5, 5.41) is 2.89. The van der Waals surface area contributed by atoms with E-state index in [9.17, 15) is 14.4 Å². The lowest BCUT2D eigenvalue weighted by Gasteiger charge is -2.13. The average Bonchev–Trinajstić information content (AvgIpc) is 2.96. The number of unbranched alkanes of at least 4 members (excludes halogenated alkanes) is 2. The first-order valence-electron chi connectivity index (χ1n) is 13.7. The molecule has 7 nitrogen and oxygen atoms in total. The third kappa shape index (κ3) is 10.2. The predicted molar refractivity (Wildman–Crippen MR) is 156 cm³/mol. The zero-order chi connectivity index (χ0) is 28.7. The predicted octanol–water partition coefficient (Wildman–Crippen LogP) is 5.79. The van der Waals surface area contributed by atoms with Crippen molar-refractivity contribution in [3.63, 3.8) is 0 Å². The van der Waals surface area contributed by atoms with E-state index in [1.165, 1.54) is 19.8 Å². The Labute approximate surface area is 236 Å². The summed E-state index contributed by atoms with van der Waals surface area (Å²) in [5.41, 5.74) is 5.37. The minimum atomic E-state index is -0.430. The van der Waals surface area contributed by atoms with Crippen molar-refractivity contribution in [1.29, 1.82) is 0 Å². The van der Waals surface area contributed by atoms with Crippen molar-refractivity contribution in [3.05, 3.63) is 94.5 Å². The molecule has 7 heteroatoms. The van der Waals surface area contributed by atoms with Crippen LogP contribution < -0.4 is 10.1 Å². The van der Waals surface area contributed by atoms with E-state index < -0.39 is 11.9 Å². The quantitative estimate of drug-likeness (QED) is 0.192. The van der Waals surface area contributed by atoms with Gasteiger partial charge in [0.25, 0.3) is 0 Å². The van der Waals surface area contributed by atoms with Crippen LogP contribution in [0.15, 0.2) is 66.7 Å². The third-order valence-electron chi connectivity index (χ3n) is 6.77. The van der Waals surface area contributed by atoms with Crippen molar-refractivity contribution < 1.29 is 28.6 Å². The van der Waals surface area contributed by atoms with Crippen LogP contribution in [0, 0.1) is 6.92 Å². The summed E-state index contributed by atoms with van der Waals surface area (Å²) in [6.45, 7) is 2.71. The van der Waals surface area contributed by atoms with E-state index in [2.05, 4.69) is 29.6 Å². The molecule has 0 fully saturated rings. The molecular weight excluding hydrogens is 506 g/mol. The number of rotatable bonds is 15. The first-order valence-corrected chi connectivity index (χ1v) is 13.7. The van der Waals surface area contributed by atoms with Crippen LogP contribution in [-0.2, 0) is 49.5 Å². The van der Waals surface area contributed by atoms with Crippen LogP contribution in [0.25, 0.3) is 0 Å². The van der Waals surface area contributed by atoms with E-state index in [-0.39, 0.29) is 18.7 Å². The van der Waals surface area contributed by atoms with Gasteiger partial charge >= 0.3 is 11.9 Å². The molecule has 0 aliphatic carbocycles. The van der Waals surface area contributed by atoms with Gasteiger partial charge in [-0.15, -0.1) is 0 Å². The fraction of sp³-hybridized carbons (Fsp3) is 0.364. The van der Waals surface area contributed by atoms with Crippen molar-refractivity contribution in [2.75, 3.05) is 26.1 Å². The maximum Gasteiger partial charge on any atom is 0.309 e. The molecule has 212 valence electrons. The van der Waals surface area contributed by atoms with Crippen LogP contribution in [0.3, 0.4) is 0 Å². The van der Waals surface area contributed by atoms with Gasteiger partial charge in [0.05, 0.1) is 33.7 Å². The number of carbonyl (C=O) groups excluding carboxylic acids is 3. The molecule has 0 unspecified atom stereocenters. The molecule has 3 aromatic rings. The zero-order valence-corrected chi connectivity index (χ0v) is 23.7. The highest BCUT2D eigenvalue weighted by atomic mass is 16.5. The number of carbonyl (C=O) groups is 3. The molecule has 40 heavy (non-hydrogen) atoms. The molecule has 0 bridgehead atoms. The van der Waals surface area contributed by atoms with E-state index in [1.807, 2.05) is 31.2 Å². The second kappa shape index (κ2) is 16.1. The zero-order valence-electron chi connectivity index (χ0n) is 23.7. The van der Waals surface area contributed by atoms with E-state index in [0.29, 0.717) is 36.3 Å². The molecule has 0 aliphatic heterocycles. The van der Waals surface area contributed by atoms with Crippen molar-refractivity contribution in [3.8, 4) is 5.75 Å². The number of nitrogens with one attached hydrogen (secondary N) is 1. The number of anilines is 1. The molecular formula is C33H39NO6. The number of benzene rings is 3. The van der Waals surface area contributed by atoms with Crippen LogP contribution in [0.2, 0.25) is 0 Å². The SMILES string of the molecule is COC(=O)Cc1ccc(NC(=O)CCc2ccc(OCCCCCc3ccccc3)cc2C)cc1CC(=O)OC. The molecule has 0 aliphatic rings. The average molecular weight is 546 g/mol. The summed E-state index contributed by atoms with van der Waals surface area (Å²) in [6, 6.07) is 21.7. The summed E-state index contributed by atoms with van der Waals surface area (Å²) < 4.78 is 15.5. The number of hydrogen-bond acceptors (Lipinski definition) is 6. The Bertz CT molecular complexity index is 1270. The number of hydrogen-bond donors (Lipinski definition) is 1. The second-order valence-electron chi connectivity index (χ2n) is 9.77. The van der Waals surface area contributed by atoms with E-state index in [0.717, 1.165) is 42.6 Å². The molecule has 0 spiro atoms. The molecule has 0 heterocycles. The van der Waals surface area contributed by atoms with Gasteiger partial charge in [0.2, 0.25) is 5.91 Å². The minimum absolute atomic E-state index is 0.00611. The van der Waals surface area contributed by atoms with Gasteiger partial charge in [-0.25, -0.2) is 0 Å². The molecule has 0 aromatic heterocycles. The normalized spacial score (nSPS) is 10.6. The molecule has 3 aromatic carbocycles. The van der Waals surface area contributed by atoms with Crippen LogP contribution in [0.4, 0.5) is 5.69 Å². The van der Waals surface area contributed by atoms with E-state index in [1.54, 1.807) is 18.2 Å². The smallest absolute Gasteiger partial charge is 0.309 e. The largest absolute Gasteiger partial charge is 0.494 e. The maximum absolute atomic E-state index is 12.7. The monoisotopic (exact) mass is 545 g/mol. The highest BCUT2D eigenvalue weighted by molar-refractivity contribution is 5.91. The Kier molecular flexibility index (Phi) is 12.2. The van der Waals surface area contributed by atoms with Gasteiger partial charge < -0.3 is 19.5 Å². The number of ether oxygens (including phenoxy) is 3. The van der Waals surface area contributed by atoms with Gasteiger partial charge in [-0.2, -0.15) is 0 Å². The molecule has 1 amide bonds. The summed E-state index contributed by atoms with van der Waals surface area (Å²) in [4.78, 5) is 36.3. The first-order chi connectivity index (χ1) is 19.4. The van der Waals surface area contributed by atoms with Crippen LogP contribution in [0.1, 0.15) is 53.5 Å². The highest BCUT2D eigenvalue weighted by Gasteiger charge is 2.14. The van der Waals surface area contributed by atoms with Crippen LogP contribution in [-0.4, -0.2) is 38.7 Å². The summed E-state index contributed by atoms with van der Waals surface area (Å²) in [7, 11) is 2.62. The Balaban J connectivity index is 1.45. The Morgan fingerprint density at radius 1 is 0.725 bits per heavy atom. The lowest BCUT2D eigenvalue weighted by atomic mass is 10.0. The standard InChI is InChI=1S/C33H39NO6/c1-24-20-30(40-19-9-5-8-12-25-10-6-4-7-11-25)17-14-26(24)15-18-31(35)34-29-16-13-27(22-32(36)38-2)28(21-29)23-33(37)39-3/h4,6-7,10-11,13-14,16-17,20-21H,5,8-9,12,15,18-19,22-23H2,1-3H3,(H,34,35). The molecule has 1 N–H and O–H groups in total. The summed E-state index contributed by atoms with van der Waals surface area (Å²) in [6.07, 6.45) is 5.30. The van der Waals surface area contributed by atoms with E-state index in [4.69, 9.17) is 14.2 Å². The van der Waals surface area contributed by atoms with Gasteiger partial charge in [0, 0.05) is 12.1 Å². The van der Waals surface area contributed by atoms with Gasteiger partial charge in [-0.05, 0) is 91.1 Å². The molecule has 0 saturated heterocycles. The third-order valence-corrected chi connectivity index (χ3v) is 6.77. The highest BCUT2D eigenvalue weighted by Crippen LogP contribution is 2.21. The summed E-state index contributed by atoms with van der Waals surface area (Å²) in [5.74, 6) is -0.131. The number of amides is 1. The fourth-order valence-electron chi connectivity index (χ4n) is 4.45. The maximum atomic E-state index is 12.7. The van der Waals surface area contributed by atoms with Crippen molar-refractivity contribution in [2.24, 2.45) is 0 Å². The molecule has 3 rings (SSSR count). The minimum Gasteiger partial charge on any atom is -0.494 e. The Morgan fingerprint density at radius 3 is 2.12 bits per heavy atom. The first kappa shape index (κ1) is 30.4. The van der Waals surface area contributed by atoms with Crippen molar-refractivity contribution >= 4 is 23.5 Å². The van der Waals surface area contributed by atoms with Crippen molar-refractivity contribution in [1.82, 2.24) is 0 Å². The van der Waals surface area contributed by atoms with Gasteiger partial charge in [0.15, 0.2) is 0 Å². The lowest BCUT2D eigenvalue weighted by molar-refractivity contribution is -0.141. The molecule has 0 atom stereocenters. The number of aryl methyl sites for hydroxylation is 3.